The van der Waals surface area contributed by atoms with Crippen LogP contribution in [0.25, 0.3) is 0 Å². The van der Waals surface area contributed by atoms with E-state index in [1.54, 1.807) is 0 Å². The van der Waals surface area contributed by atoms with E-state index in [1.165, 1.54) is 0 Å². The molecule has 0 amide bonds. The quantitative estimate of drug-likeness (QED) is 0.630. The van der Waals surface area contributed by atoms with E-state index in [1.807, 2.05) is 6.08 Å². The summed E-state index contributed by atoms with van der Waals surface area (Å²) in [6.07, 6.45) is 8.42. The fourth-order valence-corrected chi connectivity index (χ4v) is 1.87. The number of hydrogen-bond acceptors (Lipinski definition) is 1. The van der Waals surface area contributed by atoms with Crippen molar-refractivity contribution in [2.75, 3.05) is 0 Å². The first kappa shape index (κ1) is 14.0. The molecule has 0 fully saturated rings. The fraction of sp³-hybridized carbons (Fsp3) is 0.571. The van der Waals surface area contributed by atoms with Gasteiger partial charge in [0.25, 0.3) is 0 Å². The topological polar surface area (TPSA) is 26.0 Å². The van der Waals surface area contributed by atoms with E-state index in [0.717, 1.165) is 18.5 Å². The molecular weight excluding hydrogens is 182 g/mol. The number of allylic oxidation sites excluding steroid dienone is 4. The van der Waals surface area contributed by atoms with Crippen molar-refractivity contribution >= 4 is 0 Å². The van der Waals surface area contributed by atoms with Crippen LogP contribution in [-0.2, 0) is 0 Å². The van der Waals surface area contributed by atoms with Gasteiger partial charge in [0.15, 0.2) is 0 Å². The maximum Gasteiger partial charge on any atom is 0.00780 e. The van der Waals surface area contributed by atoms with Crippen LogP contribution in [0.5, 0.6) is 0 Å². The van der Waals surface area contributed by atoms with E-state index < -0.39 is 0 Å². The summed E-state index contributed by atoms with van der Waals surface area (Å²) in [7, 11) is 0. The molecule has 2 N–H and O–H groups in total. The van der Waals surface area contributed by atoms with E-state index in [9.17, 15) is 0 Å². The minimum atomic E-state index is 0.324. The lowest BCUT2D eigenvalue weighted by molar-refractivity contribution is 0.351. The van der Waals surface area contributed by atoms with Crippen LogP contribution in [0, 0.1) is 17.8 Å². The number of rotatable bonds is 7. The number of hydrogen-bond donors (Lipinski definition) is 1. The highest BCUT2D eigenvalue weighted by Crippen LogP contribution is 2.28. The molecule has 0 aromatic heterocycles. The molecule has 0 rings (SSSR count). The summed E-state index contributed by atoms with van der Waals surface area (Å²) >= 11 is 0. The fourth-order valence-electron chi connectivity index (χ4n) is 1.87. The largest absolute Gasteiger partial charge is 0.402 e. The molecule has 2 unspecified atom stereocenters. The molecule has 0 radical (unpaired) electrons. The smallest absolute Gasteiger partial charge is 0.00780 e. The van der Waals surface area contributed by atoms with Crippen molar-refractivity contribution < 1.29 is 0 Å². The zero-order valence-electron chi connectivity index (χ0n) is 10.4. The summed E-state index contributed by atoms with van der Waals surface area (Å²) in [5, 5.41) is 0. The van der Waals surface area contributed by atoms with E-state index in [4.69, 9.17) is 5.73 Å². The molecule has 0 saturated carbocycles. The average Bonchev–Trinajstić information content (AvgIpc) is 2.16. The summed E-state index contributed by atoms with van der Waals surface area (Å²) in [6, 6.07) is 0. The van der Waals surface area contributed by atoms with Gasteiger partial charge in [-0.1, -0.05) is 45.6 Å². The van der Waals surface area contributed by atoms with Gasteiger partial charge in [-0.15, -0.1) is 6.58 Å². The summed E-state index contributed by atoms with van der Waals surface area (Å²) in [5.41, 5.74) is 6.63. The van der Waals surface area contributed by atoms with Gasteiger partial charge >= 0.3 is 0 Å². The van der Waals surface area contributed by atoms with Gasteiger partial charge in [-0.3, -0.25) is 0 Å². The Balaban J connectivity index is 4.55. The molecule has 1 nitrogen and oxygen atoms in total. The van der Waals surface area contributed by atoms with Crippen molar-refractivity contribution in [2.24, 2.45) is 23.5 Å². The monoisotopic (exact) mass is 207 g/mol. The molecular formula is C14H25N. The van der Waals surface area contributed by atoms with Crippen LogP contribution in [0.1, 0.15) is 33.6 Å². The maximum absolute atomic E-state index is 5.86. The Bertz CT molecular complexity index is 225. The van der Waals surface area contributed by atoms with E-state index in [2.05, 4.69) is 46.1 Å². The predicted octanol–water partition coefficient (Wildman–Crippen LogP) is 3.89. The summed E-state index contributed by atoms with van der Waals surface area (Å²) in [4.78, 5) is 0. The molecule has 0 bridgehead atoms. The number of nitrogens with two attached hydrogens (primary N) is 1. The maximum atomic E-state index is 5.86. The molecule has 15 heavy (non-hydrogen) atoms. The zero-order valence-corrected chi connectivity index (χ0v) is 10.4. The van der Waals surface area contributed by atoms with Gasteiger partial charge in [0.2, 0.25) is 0 Å². The van der Waals surface area contributed by atoms with Crippen LogP contribution >= 0.6 is 0 Å². The van der Waals surface area contributed by atoms with Gasteiger partial charge in [-0.2, -0.15) is 0 Å². The molecule has 1 heteroatoms. The SMILES string of the molecule is C=CC(C(C)C)C(C/C=C/CC)C(=C)N. The highest BCUT2D eigenvalue weighted by atomic mass is 14.6. The van der Waals surface area contributed by atoms with E-state index in [-0.39, 0.29) is 0 Å². The minimum absolute atomic E-state index is 0.324. The van der Waals surface area contributed by atoms with Gasteiger partial charge in [0.1, 0.15) is 0 Å². The van der Waals surface area contributed by atoms with Gasteiger partial charge in [-0.05, 0) is 24.7 Å². The van der Waals surface area contributed by atoms with E-state index >= 15 is 0 Å². The molecule has 2 atom stereocenters. The molecule has 0 aliphatic rings. The highest BCUT2D eigenvalue weighted by Gasteiger charge is 2.21. The lowest BCUT2D eigenvalue weighted by Crippen LogP contribution is -2.23. The van der Waals surface area contributed by atoms with E-state index in [0.29, 0.717) is 17.8 Å². The predicted molar refractivity (Wildman–Crippen MR) is 69.4 cm³/mol. The third-order valence-electron chi connectivity index (χ3n) is 2.78. The molecule has 0 aromatic rings. The lowest BCUT2D eigenvalue weighted by atomic mass is 9.80. The first-order chi connectivity index (χ1) is 7.04. The second kappa shape index (κ2) is 7.33. The van der Waals surface area contributed by atoms with Crippen LogP contribution in [-0.4, -0.2) is 0 Å². The Kier molecular flexibility index (Phi) is 6.85. The van der Waals surface area contributed by atoms with Crippen LogP contribution < -0.4 is 5.73 Å². The second-order valence-corrected chi connectivity index (χ2v) is 4.35. The molecule has 0 heterocycles. The highest BCUT2D eigenvalue weighted by molar-refractivity contribution is 5.05. The Morgan fingerprint density at radius 2 is 1.93 bits per heavy atom. The Labute approximate surface area is 94.8 Å². The second-order valence-electron chi connectivity index (χ2n) is 4.35. The van der Waals surface area contributed by atoms with Gasteiger partial charge < -0.3 is 5.73 Å². The molecule has 0 spiro atoms. The normalized spacial score (nSPS) is 15.5. The Morgan fingerprint density at radius 1 is 1.33 bits per heavy atom. The van der Waals surface area contributed by atoms with Gasteiger partial charge in [0.05, 0.1) is 0 Å². The third kappa shape index (κ3) is 4.87. The van der Waals surface area contributed by atoms with Crippen molar-refractivity contribution in [3.63, 3.8) is 0 Å². The van der Waals surface area contributed by atoms with Crippen molar-refractivity contribution in [2.45, 2.75) is 33.6 Å². The van der Waals surface area contributed by atoms with Crippen LogP contribution in [0.15, 0.2) is 37.1 Å². The Morgan fingerprint density at radius 3 is 2.27 bits per heavy atom. The van der Waals surface area contributed by atoms with Gasteiger partial charge in [0, 0.05) is 11.6 Å². The molecule has 86 valence electrons. The average molecular weight is 207 g/mol. The molecule has 0 saturated heterocycles. The minimum Gasteiger partial charge on any atom is -0.402 e. The van der Waals surface area contributed by atoms with Crippen LogP contribution in [0.2, 0.25) is 0 Å². The van der Waals surface area contributed by atoms with Gasteiger partial charge in [-0.25, -0.2) is 0 Å². The zero-order chi connectivity index (χ0) is 11.8. The van der Waals surface area contributed by atoms with Crippen LogP contribution in [0.3, 0.4) is 0 Å². The Hall–Kier alpha value is -0.980. The van der Waals surface area contributed by atoms with Crippen molar-refractivity contribution in [3.05, 3.63) is 37.1 Å². The molecule has 0 aromatic carbocycles. The standard InChI is InChI=1S/C14H25N/c1-6-8-9-10-14(12(5)15)13(7-2)11(3)4/h7-9,11,13-14H,2,5-6,10,15H2,1,3-4H3/b9-8+. The molecule has 0 aliphatic heterocycles. The third-order valence-corrected chi connectivity index (χ3v) is 2.78. The van der Waals surface area contributed by atoms with Crippen molar-refractivity contribution in [1.29, 1.82) is 0 Å². The van der Waals surface area contributed by atoms with Crippen molar-refractivity contribution in [3.8, 4) is 0 Å². The molecule has 0 aliphatic carbocycles. The first-order valence-electron chi connectivity index (χ1n) is 5.76. The summed E-state index contributed by atoms with van der Waals surface area (Å²) in [5.74, 6) is 1.30. The first-order valence-corrected chi connectivity index (χ1v) is 5.76. The van der Waals surface area contributed by atoms with Crippen LogP contribution in [0.4, 0.5) is 0 Å². The van der Waals surface area contributed by atoms with Crippen molar-refractivity contribution in [1.82, 2.24) is 0 Å². The lowest BCUT2D eigenvalue weighted by Gasteiger charge is -2.26. The summed E-state index contributed by atoms with van der Waals surface area (Å²) in [6.45, 7) is 14.3. The summed E-state index contributed by atoms with van der Waals surface area (Å²) < 4.78 is 0.